The zero-order valence-electron chi connectivity index (χ0n) is 10.5. The molecule has 0 amide bonds. The number of rotatable bonds is 1. The van der Waals surface area contributed by atoms with Crippen molar-refractivity contribution in [2.75, 3.05) is 5.73 Å². The van der Waals surface area contributed by atoms with Crippen molar-refractivity contribution in [1.29, 1.82) is 0 Å². The predicted octanol–water partition coefficient (Wildman–Crippen LogP) is 2.13. The van der Waals surface area contributed by atoms with Crippen molar-refractivity contribution in [3.63, 3.8) is 0 Å². The van der Waals surface area contributed by atoms with E-state index in [-0.39, 0.29) is 33.1 Å². The fourth-order valence-electron chi connectivity index (χ4n) is 2.41. The highest BCUT2D eigenvalue weighted by atomic mass is 79.9. The number of hydrogen-bond donors (Lipinski definition) is 1. The molecule has 2 aromatic rings. The maximum Gasteiger partial charge on any atom is 0.239 e. The summed E-state index contributed by atoms with van der Waals surface area (Å²) < 4.78 is 23.2. The van der Waals surface area contributed by atoms with Crippen LogP contribution in [0.2, 0.25) is 0 Å². The molecule has 0 aliphatic heterocycles. The van der Waals surface area contributed by atoms with Crippen LogP contribution in [0.3, 0.4) is 0 Å². The number of ketones is 2. The number of hydrogen-bond acceptors (Lipinski definition) is 5. The lowest BCUT2D eigenvalue weighted by molar-refractivity contribution is 0.0979. The van der Waals surface area contributed by atoms with Crippen LogP contribution in [0.4, 0.5) is 5.69 Å². The fraction of sp³-hybridized carbons (Fsp3) is 0. The van der Waals surface area contributed by atoms with Gasteiger partial charge in [0.1, 0.15) is 4.90 Å². The Kier molecular flexibility index (Phi) is 3.00. The molecule has 0 fully saturated rings. The number of carbonyl (C=O) groups excluding carboxylic acids is 2. The van der Waals surface area contributed by atoms with Crippen LogP contribution in [0, 0.1) is 0 Å². The van der Waals surface area contributed by atoms with Gasteiger partial charge in [-0.2, -0.15) is 0 Å². The van der Waals surface area contributed by atoms with Gasteiger partial charge in [-0.25, -0.2) is 8.42 Å². The first-order valence-electron chi connectivity index (χ1n) is 5.88. The van der Waals surface area contributed by atoms with Crippen molar-refractivity contribution >= 4 is 40.3 Å². The summed E-state index contributed by atoms with van der Waals surface area (Å²) in [6.45, 7) is 0. The molecule has 5 nitrogen and oxygen atoms in total. The van der Waals surface area contributed by atoms with Gasteiger partial charge in [-0.3, -0.25) is 9.59 Å². The molecule has 0 spiro atoms. The molecule has 0 aromatic heterocycles. The maximum absolute atomic E-state index is 12.5. The third kappa shape index (κ3) is 2.00. The summed E-state index contributed by atoms with van der Waals surface area (Å²) in [7, 11) is -3.76. The summed E-state index contributed by atoms with van der Waals surface area (Å²) in [5.41, 5.74) is 6.19. The molecule has 0 saturated heterocycles. The smallest absolute Gasteiger partial charge is 0.239 e. The van der Waals surface area contributed by atoms with Gasteiger partial charge >= 0.3 is 0 Å². The first-order chi connectivity index (χ1) is 9.82. The lowest BCUT2D eigenvalue weighted by Crippen LogP contribution is -2.23. The average Bonchev–Trinajstić information content (AvgIpc) is 2.43. The Bertz CT molecular complexity index is 919. The van der Waals surface area contributed by atoms with Crippen LogP contribution in [-0.4, -0.2) is 20.0 Å². The van der Waals surface area contributed by atoms with Crippen molar-refractivity contribution in [3.8, 4) is 0 Å². The number of nitrogen functional groups attached to an aromatic ring is 1. The van der Waals surface area contributed by atoms with E-state index in [0.717, 1.165) is 0 Å². The van der Waals surface area contributed by atoms with E-state index in [1.807, 2.05) is 0 Å². The molecule has 106 valence electrons. The molecule has 1 aliphatic rings. The SMILES string of the molecule is Nc1c(S(=O)(=O)Br)ccc2c1C(=O)c1ccccc1C2=O. The molecule has 0 heterocycles. The minimum atomic E-state index is -3.76. The van der Waals surface area contributed by atoms with Gasteiger partial charge in [0.25, 0.3) is 0 Å². The number of carbonyl (C=O) groups is 2. The van der Waals surface area contributed by atoms with E-state index in [1.165, 1.54) is 18.2 Å². The molecular formula is C14H8BrNO4S. The van der Waals surface area contributed by atoms with Crippen LogP contribution in [0.15, 0.2) is 41.3 Å². The molecule has 2 N–H and O–H groups in total. The van der Waals surface area contributed by atoms with Crippen molar-refractivity contribution in [1.82, 2.24) is 0 Å². The zero-order chi connectivity index (χ0) is 15.4. The lowest BCUT2D eigenvalue weighted by atomic mass is 9.83. The highest BCUT2D eigenvalue weighted by molar-refractivity contribution is 9.47. The van der Waals surface area contributed by atoms with Crippen molar-refractivity contribution in [2.45, 2.75) is 4.90 Å². The summed E-state index contributed by atoms with van der Waals surface area (Å²) in [6.07, 6.45) is 0. The van der Waals surface area contributed by atoms with Gasteiger partial charge in [0.05, 0.1) is 26.1 Å². The van der Waals surface area contributed by atoms with Crippen LogP contribution in [0.1, 0.15) is 31.8 Å². The second kappa shape index (κ2) is 4.51. The number of nitrogens with two attached hydrogens (primary N) is 1. The number of benzene rings is 2. The first-order valence-corrected chi connectivity index (χ1v) is 9.20. The minimum Gasteiger partial charge on any atom is -0.397 e. The molecule has 21 heavy (non-hydrogen) atoms. The van der Waals surface area contributed by atoms with E-state index in [4.69, 9.17) is 5.73 Å². The lowest BCUT2D eigenvalue weighted by Gasteiger charge is -2.19. The van der Waals surface area contributed by atoms with E-state index in [1.54, 1.807) is 18.2 Å². The number of anilines is 1. The van der Waals surface area contributed by atoms with Crippen molar-refractivity contribution < 1.29 is 18.0 Å². The molecule has 7 heteroatoms. The second-order valence-electron chi connectivity index (χ2n) is 4.54. The molecule has 0 radical (unpaired) electrons. The second-order valence-corrected chi connectivity index (χ2v) is 8.41. The van der Waals surface area contributed by atoms with Crippen LogP contribution < -0.4 is 5.73 Å². The Morgan fingerprint density at radius 1 is 0.857 bits per heavy atom. The fourth-order valence-corrected chi connectivity index (χ4v) is 3.85. The molecule has 2 aromatic carbocycles. The van der Waals surface area contributed by atoms with Crippen molar-refractivity contribution in [2.24, 2.45) is 0 Å². The molecule has 0 bridgehead atoms. The van der Waals surface area contributed by atoms with Gasteiger partial charge in [-0.1, -0.05) is 24.3 Å². The van der Waals surface area contributed by atoms with E-state index < -0.39 is 14.1 Å². The predicted molar refractivity (Wildman–Crippen MR) is 80.3 cm³/mol. The van der Waals surface area contributed by atoms with E-state index in [0.29, 0.717) is 5.56 Å². The van der Waals surface area contributed by atoms with Gasteiger partial charge in [-0.15, -0.1) is 0 Å². The minimum absolute atomic E-state index is 0.0563. The summed E-state index contributed by atoms with van der Waals surface area (Å²) in [5.74, 6) is -0.791. The average molecular weight is 366 g/mol. The van der Waals surface area contributed by atoms with Crippen LogP contribution in [0.25, 0.3) is 0 Å². The first kappa shape index (κ1) is 14.0. The largest absolute Gasteiger partial charge is 0.397 e. The summed E-state index contributed by atoms with van der Waals surface area (Å²) in [5, 5.41) is 0. The summed E-state index contributed by atoms with van der Waals surface area (Å²) in [6, 6.07) is 8.91. The van der Waals surface area contributed by atoms with Crippen LogP contribution in [0.5, 0.6) is 0 Å². The molecule has 0 saturated carbocycles. The Balaban J connectivity index is 2.37. The third-order valence-electron chi connectivity index (χ3n) is 3.36. The molecule has 0 atom stereocenters. The highest BCUT2D eigenvalue weighted by Gasteiger charge is 2.33. The summed E-state index contributed by atoms with van der Waals surface area (Å²) in [4.78, 5) is 24.7. The van der Waals surface area contributed by atoms with E-state index >= 15 is 0 Å². The van der Waals surface area contributed by atoms with Crippen molar-refractivity contribution in [3.05, 3.63) is 58.7 Å². The van der Waals surface area contributed by atoms with E-state index in [2.05, 4.69) is 14.8 Å². The third-order valence-corrected chi connectivity index (χ3v) is 5.28. The molecular weight excluding hydrogens is 358 g/mol. The number of fused-ring (bicyclic) bond motifs is 2. The number of halogens is 1. The quantitative estimate of drug-likeness (QED) is 0.526. The topological polar surface area (TPSA) is 94.3 Å². The Morgan fingerprint density at radius 3 is 2.00 bits per heavy atom. The van der Waals surface area contributed by atoms with Crippen LogP contribution >= 0.6 is 14.8 Å². The molecule has 3 rings (SSSR count). The van der Waals surface area contributed by atoms with Gasteiger partial charge in [0.2, 0.25) is 8.27 Å². The van der Waals surface area contributed by atoms with Gasteiger partial charge in [0.15, 0.2) is 11.6 Å². The monoisotopic (exact) mass is 365 g/mol. The molecule has 1 aliphatic carbocycles. The normalized spacial score (nSPS) is 13.8. The Hall–Kier alpha value is -1.99. The maximum atomic E-state index is 12.5. The van der Waals surface area contributed by atoms with Gasteiger partial charge < -0.3 is 5.73 Å². The highest BCUT2D eigenvalue weighted by Crippen LogP contribution is 2.35. The standard InChI is InChI=1S/C14H8BrNO4S/c15-21(19,20)10-6-5-9-11(12(10)16)14(18)8-4-2-1-3-7(8)13(9)17/h1-6H,16H2. The molecule has 0 unspecified atom stereocenters. The Morgan fingerprint density at radius 2 is 1.43 bits per heavy atom. The zero-order valence-corrected chi connectivity index (χ0v) is 12.9. The van der Waals surface area contributed by atoms with Crippen LogP contribution in [-0.2, 0) is 8.27 Å². The Labute approximate surface area is 127 Å². The van der Waals surface area contributed by atoms with Gasteiger partial charge in [-0.05, 0) is 12.1 Å². The van der Waals surface area contributed by atoms with Gasteiger partial charge in [0, 0.05) is 16.7 Å². The van der Waals surface area contributed by atoms with E-state index in [9.17, 15) is 18.0 Å². The summed E-state index contributed by atoms with van der Waals surface area (Å²) >= 11 is 2.53.